The van der Waals surface area contributed by atoms with Crippen molar-refractivity contribution < 1.29 is 0 Å². The van der Waals surface area contributed by atoms with Gasteiger partial charge in [-0.1, -0.05) is 19.9 Å². The molecule has 2 nitrogen and oxygen atoms in total. The SMILES string of the molecule is C=CCCNC(C)(CN)CCC(C)C. The Labute approximate surface area is 89.0 Å². The third-order valence-corrected chi connectivity index (χ3v) is 2.62. The molecule has 84 valence electrons. The minimum absolute atomic E-state index is 0.104. The van der Waals surface area contributed by atoms with E-state index in [1.807, 2.05) is 6.08 Å². The molecule has 0 radical (unpaired) electrons. The van der Waals surface area contributed by atoms with Gasteiger partial charge in [0.1, 0.15) is 0 Å². The molecule has 0 amide bonds. The third-order valence-electron chi connectivity index (χ3n) is 2.62. The molecule has 0 saturated carbocycles. The lowest BCUT2D eigenvalue weighted by atomic mass is 9.92. The fourth-order valence-corrected chi connectivity index (χ4v) is 1.35. The van der Waals surface area contributed by atoms with Crippen LogP contribution in [0, 0.1) is 5.92 Å². The van der Waals surface area contributed by atoms with E-state index in [0.717, 1.165) is 25.3 Å². The molecule has 3 N–H and O–H groups in total. The molecule has 0 heterocycles. The molecular formula is C12H26N2. The molecule has 0 saturated heterocycles. The van der Waals surface area contributed by atoms with Crippen molar-refractivity contribution in [2.24, 2.45) is 11.7 Å². The van der Waals surface area contributed by atoms with Crippen LogP contribution in [0.4, 0.5) is 0 Å². The van der Waals surface area contributed by atoms with Crippen LogP contribution in [-0.2, 0) is 0 Å². The summed E-state index contributed by atoms with van der Waals surface area (Å²) in [5.41, 5.74) is 5.89. The standard InChI is InChI=1S/C12H26N2/c1-5-6-9-14-12(4,10-13)8-7-11(2)3/h5,11,14H,1,6-10,13H2,2-4H3. The van der Waals surface area contributed by atoms with E-state index >= 15 is 0 Å². The zero-order valence-corrected chi connectivity index (χ0v) is 9.97. The van der Waals surface area contributed by atoms with Crippen molar-refractivity contribution in [1.82, 2.24) is 5.32 Å². The van der Waals surface area contributed by atoms with E-state index in [0.29, 0.717) is 6.54 Å². The van der Waals surface area contributed by atoms with Crippen LogP contribution in [0.25, 0.3) is 0 Å². The predicted octanol–water partition coefficient (Wildman–Crippen LogP) is 2.31. The predicted molar refractivity (Wildman–Crippen MR) is 64.3 cm³/mol. The minimum Gasteiger partial charge on any atom is -0.329 e. The summed E-state index contributed by atoms with van der Waals surface area (Å²) in [5.74, 6) is 0.752. The first kappa shape index (κ1) is 13.7. The van der Waals surface area contributed by atoms with Crippen molar-refractivity contribution in [2.75, 3.05) is 13.1 Å². The van der Waals surface area contributed by atoms with Crippen molar-refractivity contribution in [3.05, 3.63) is 12.7 Å². The van der Waals surface area contributed by atoms with Crippen molar-refractivity contribution in [2.45, 2.75) is 45.6 Å². The van der Waals surface area contributed by atoms with E-state index in [2.05, 4.69) is 32.7 Å². The molecule has 0 aliphatic carbocycles. The van der Waals surface area contributed by atoms with Gasteiger partial charge >= 0.3 is 0 Å². The Hall–Kier alpha value is -0.340. The van der Waals surface area contributed by atoms with Gasteiger partial charge in [-0.15, -0.1) is 6.58 Å². The molecule has 1 unspecified atom stereocenters. The van der Waals surface area contributed by atoms with Crippen LogP contribution in [0.2, 0.25) is 0 Å². The first-order chi connectivity index (χ1) is 6.54. The number of hydrogen-bond donors (Lipinski definition) is 2. The van der Waals surface area contributed by atoms with E-state index < -0.39 is 0 Å². The first-order valence-electron chi connectivity index (χ1n) is 5.60. The topological polar surface area (TPSA) is 38.0 Å². The smallest absolute Gasteiger partial charge is 0.0275 e. The fraction of sp³-hybridized carbons (Fsp3) is 0.833. The quantitative estimate of drug-likeness (QED) is 0.464. The van der Waals surface area contributed by atoms with Gasteiger partial charge in [-0.05, 0) is 38.6 Å². The van der Waals surface area contributed by atoms with Crippen LogP contribution in [0.5, 0.6) is 0 Å². The monoisotopic (exact) mass is 198 g/mol. The maximum absolute atomic E-state index is 5.79. The lowest BCUT2D eigenvalue weighted by Crippen LogP contribution is -2.49. The lowest BCUT2D eigenvalue weighted by molar-refractivity contribution is 0.316. The van der Waals surface area contributed by atoms with Gasteiger partial charge in [-0.25, -0.2) is 0 Å². The highest BCUT2D eigenvalue weighted by molar-refractivity contribution is 4.85. The second-order valence-electron chi connectivity index (χ2n) is 4.70. The molecule has 0 aromatic carbocycles. The molecule has 1 atom stereocenters. The van der Waals surface area contributed by atoms with Crippen LogP contribution in [0.1, 0.15) is 40.0 Å². The molecule has 0 fully saturated rings. The normalized spacial score (nSPS) is 15.5. The summed E-state index contributed by atoms with van der Waals surface area (Å²) < 4.78 is 0. The molecule has 0 rings (SSSR count). The Morgan fingerprint density at radius 3 is 2.57 bits per heavy atom. The van der Waals surface area contributed by atoms with Gasteiger partial charge in [0.15, 0.2) is 0 Å². The van der Waals surface area contributed by atoms with Gasteiger partial charge in [-0.3, -0.25) is 0 Å². The highest BCUT2D eigenvalue weighted by atomic mass is 15.0. The Balaban J connectivity index is 3.84. The number of nitrogens with two attached hydrogens (primary N) is 1. The minimum atomic E-state index is 0.104. The number of nitrogens with one attached hydrogen (secondary N) is 1. The molecule has 2 heteroatoms. The summed E-state index contributed by atoms with van der Waals surface area (Å²) in [7, 11) is 0. The van der Waals surface area contributed by atoms with E-state index in [4.69, 9.17) is 5.73 Å². The summed E-state index contributed by atoms with van der Waals surface area (Å²) in [4.78, 5) is 0. The summed E-state index contributed by atoms with van der Waals surface area (Å²) in [6.45, 7) is 12.1. The Morgan fingerprint density at radius 2 is 2.14 bits per heavy atom. The number of hydrogen-bond acceptors (Lipinski definition) is 2. The van der Waals surface area contributed by atoms with Crippen LogP contribution in [-0.4, -0.2) is 18.6 Å². The third kappa shape index (κ3) is 6.17. The maximum Gasteiger partial charge on any atom is 0.0275 e. The summed E-state index contributed by atoms with van der Waals surface area (Å²) in [5, 5.41) is 3.51. The summed E-state index contributed by atoms with van der Waals surface area (Å²) in [6, 6.07) is 0. The lowest BCUT2D eigenvalue weighted by Gasteiger charge is -2.30. The molecule has 0 aromatic rings. The molecule has 0 bridgehead atoms. The van der Waals surface area contributed by atoms with Gasteiger partial charge in [0.2, 0.25) is 0 Å². The molecular weight excluding hydrogens is 172 g/mol. The van der Waals surface area contributed by atoms with E-state index in [-0.39, 0.29) is 5.54 Å². The van der Waals surface area contributed by atoms with Crippen molar-refractivity contribution in [3.8, 4) is 0 Å². The molecule has 0 spiro atoms. The van der Waals surface area contributed by atoms with Crippen molar-refractivity contribution in [3.63, 3.8) is 0 Å². The number of rotatable bonds is 8. The average Bonchev–Trinajstić information content (AvgIpc) is 2.15. The molecule has 0 aliphatic heterocycles. The van der Waals surface area contributed by atoms with Gasteiger partial charge in [0.05, 0.1) is 0 Å². The molecule has 0 aliphatic rings. The first-order valence-corrected chi connectivity index (χ1v) is 5.60. The van der Waals surface area contributed by atoms with E-state index in [9.17, 15) is 0 Å². The second kappa shape index (κ2) is 7.02. The van der Waals surface area contributed by atoms with Gasteiger partial charge < -0.3 is 11.1 Å². The highest BCUT2D eigenvalue weighted by Crippen LogP contribution is 2.15. The second-order valence-corrected chi connectivity index (χ2v) is 4.70. The van der Waals surface area contributed by atoms with Crippen molar-refractivity contribution in [1.29, 1.82) is 0 Å². The van der Waals surface area contributed by atoms with Crippen LogP contribution in [0.3, 0.4) is 0 Å². The zero-order chi connectivity index (χ0) is 11.0. The summed E-state index contributed by atoms with van der Waals surface area (Å²) >= 11 is 0. The van der Waals surface area contributed by atoms with E-state index in [1.165, 1.54) is 6.42 Å². The van der Waals surface area contributed by atoms with Crippen LogP contribution < -0.4 is 11.1 Å². The van der Waals surface area contributed by atoms with Gasteiger partial charge in [0.25, 0.3) is 0 Å². The molecule has 0 aromatic heterocycles. The van der Waals surface area contributed by atoms with E-state index in [1.54, 1.807) is 0 Å². The Bertz CT molecular complexity index is 154. The maximum atomic E-state index is 5.79. The Morgan fingerprint density at radius 1 is 1.50 bits per heavy atom. The molecule has 14 heavy (non-hydrogen) atoms. The van der Waals surface area contributed by atoms with Gasteiger partial charge in [0, 0.05) is 12.1 Å². The van der Waals surface area contributed by atoms with Crippen LogP contribution in [0.15, 0.2) is 12.7 Å². The average molecular weight is 198 g/mol. The van der Waals surface area contributed by atoms with Crippen molar-refractivity contribution >= 4 is 0 Å². The summed E-state index contributed by atoms with van der Waals surface area (Å²) in [6.07, 6.45) is 5.33. The fourth-order valence-electron chi connectivity index (χ4n) is 1.35. The van der Waals surface area contributed by atoms with Crippen LogP contribution >= 0.6 is 0 Å². The highest BCUT2D eigenvalue weighted by Gasteiger charge is 2.20. The van der Waals surface area contributed by atoms with Gasteiger partial charge in [-0.2, -0.15) is 0 Å². The Kier molecular flexibility index (Phi) is 6.85. The zero-order valence-electron chi connectivity index (χ0n) is 9.97. The largest absolute Gasteiger partial charge is 0.329 e.